The van der Waals surface area contributed by atoms with Gasteiger partial charge in [-0.05, 0) is 79.2 Å². The molecule has 0 saturated heterocycles. The van der Waals surface area contributed by atoms with Gasteiger partial charge >= 0.3 is 5.97 Å². The third-order valence-corrected chi connectivity index (χ3v) is 5.01. The molecule has 0 fully saturated rings. The lowest BCUT2D eigenvalue weighted by Crippen LogP contribution is -2.24. The molecular weight excluding hydrogens is 428 g/mol. The number of hydrazone groups is 1. The van der Waals surface area contributed by atoms with Crippen molar-refractivity contribution >= 4 is 29.4 Å². The molecule has 8 heteroatoms. The minimum Gasteiger partial charge on any atom is -0.490 e. The van der Waals surface area contributed by atoms with E-state index in [1.54, 1.807) is 35.7 Å². The van der Waals surface area contributed by atoms with Crippen LogP contribution >= 0.6 is 11.3 Å². The summed E-state index contributed by atoms with van der Waals surface area (Å²) in [6.07, 6.45) is 1.47. The van der Waals surface area contributed by atoms with E-state index in [-0.39, 0.29) is 12.5 Å². The van der Waals surface area contributed by atoms with Crippen LogP contribution in [0.15, 0.2) is 59.0 Å². The maximum Gasteiger partial charge on any atom is 0.353 e. The number of thiophene rings is 1. The highest BCUT2D eigenvalue weighted by molar-refractivity contribution is 7.12. The first-order valence-corrected chi connectivity index (χ1v) is 10.9. The molecule has 0 unspecified atom stereocenters. The van der Waals surface area contributed by atoms with Gasteiger partial charge in [0.15, 0.2) is 18.1 Å². The van der Waals surface area contributed by atoms with Crippen molar-refractivity contribution in [2.24, 2.45) is 5.10 Å². The molecule has 1 amide bonds. The summed E-state index contributed by atoms with van der Waals surface area (Å²) in [4.78, 5) is 24.7. The number of hydrogen-bond donors (Lipinski definition) is 1. The van der Waals surface area contributed by atoms with Gasteiger partial charge in [0, 0.05) is 0 Å². The first kappa shape index (κ1) is 23.0. The summed E-state index contributed by atoms with van der Waals surface area (Å²) in [6.45, 7) is 6.02. The van der Waals surface area contributed by atoms with E-state index in [2.05, 4.69) is 10.5 Å². The molecule has 2 aromatic carbocycles. The van der Waals surface area contributed by atoms with Crippen LogP contribution in [0.5, 0.6) is 17.2 Å². The first-order valence-electron chi connectivity index (χ1n) is 10.00. The molecule has 0 radical (unpaired) electrons. The number of benzene rings is 2. The van der Waals surface area contributed by atoms with Crippen molar-refractivity contribution in [3.8, 4) is 17.2 Å². The molecule has 3 aromatic rings. The Balaban J connectivity index is 1.58. The van der Waals surface area contributed by atoms with Gasteiger partial charge in [-0.1, -0.05) is 12.1 Å². The van der Waals surface area contributed by atoms with Crippen LogP contribution < -0.4 is 19.6 Å². The number of hydrogen-bond acceptors (Lipinski definition) is 7. The fourth-order valence-corrected chi connectivity index (χ4v) is 3.48. The number of amides is 1. The predicted octanol–water partition coefficient (Wildman–Crippen LogP) is 4.51. The predicted molar refractivity (Wildman–Crippen MR) is 124 cm³/mol. The van der Waals surface area contributed by atoms with Crippen LogP contribution in [0, 0.1) is 13.8 Å². The van der Waals surface area contributed by atoms with E-state index in [0.29, 0.717) is 34.3 Å². The number of ether oxygens (including phenoxy) is 3. The van der Waals surface area contributed by atoms with Gasteiger partial charge in [-0.15, -0.1) is 11.3 Å². The lowest BCUT2D eigenvalue weighted by molar-refractivity contribution is -0.123. The lowest BCUT2D eigenvalue weighted by atomic mass is 10.1. The Kier molecular flexibility index (Phi) is 7.99. The summed E-state index contributed by atoms with van der Waals surface area (Å²) < 4.78 is 16.5. The van der Waals surface area contributed by atoms with Crippen molar-refractivity contribution in [3.63, 3.8) is 0 Å². The van der Waals surface area contributed by atoms with Gasteiger partial charge in [-0.25, -0.2) is 10.2 Å². The maximum atomic E-state index is 12.2. The quantitative estimate of drug-likeness (QED) is 0.223. The van der Waals surface area contributed by atoms with E-state index >= 15 is 0 Å². The average Bonchev–Trinajstić information content (AvgIpc) is 3.29. The van der Waals surface area contributed by atoms with Crippen LogP contribution in [-0.4, -0.2) is 31.3 Å². The summed E-state index contributed by atoms with van der Waals surface area (Å²) in [6, 6.07) is 14.3. The van der Waals surface area contributed by atoms with Crippen molar-refractivity contribution in [2.45, 2.75) is 20.8 Å². The van der Waals surface area contributed by atoms with Crippen molar-refractivity contribution in [2.75, 3.05) is 13.2 Å². The molecule has 0 aliphatic heterocycles. The summed E-state index contributed by atoms with van der Waals surface area (Å²) in [5, 5.41) is 5.76. The molecule has 3 rings (SSSR count). The zero-order chi connectivity index (χ0) is 22.9. The Bertz CT molecular complexity index is 1090. The van der Waals surface area contributed by atoms with E-state index in [0.717, 1.165) is 11.1 Å². The highest BCUT2D eigenvalue weighted by Crippen LogP contribution is 2.29. The smallest absolute Gasteiger partial charge is 0.353 e. The largest absolute Gasteiger partial charge is 0.490 e. The normalized spacial score (nSPS) is 10.7. The molecule has 0 saturated carbocycles. The minimum absolute atomic E-state index is 0.151. The maximum absolute atomic E-state index is 12.2. The fraction of sp³-hybridized carbons (Fsp3) is 0.208. The van der Waals surface area contributed by atoms with Crippen molar-refractivity contribution < 1.29 is 23.8 Å². The monoisotopic (exact) mass is 452 g/mol. The van der Waals surface area contributed by atoms with Gasteiger partial charge in [0.2, 0.25) is 0 Å². The number of carbonyl (C=O) groups excluding carboxylic acids is 2. The number of nitrogens with one attached hydrogen (secondary N) is 1. The Morgan fingerprint density at radius 2 is 1.81 bits per heavy atom. The molecule has 1 heterocycles. The van der Waals surface area contributed by atoms with E-state index in [1.807, 2.05) is 39.0 Å². The molecule has 0 aliphatic carbocycles. The van der Waals surface area contributed by atoms with Gasteiger partial charge < -0.3 is 14.2 Å². The van der Waals surface area contributed by atoms with E-state index in [9.17, 15) is 9.59 Å². The summed E-state index contributed by atoms with van der Waals surface area (Å²) >= 11 is 1.30. The van der Waals surface area contributed by atoms with Crippen LogP contribution in [0.4, 0.5) is 0 Å². The van der Waals surface area contributed by atoms with Crippen LogP contribution in [0.3, 0.4) is 0 Å². The molecule has 1 aromatic heterocycles. The summed E-state index contributed by atoms with van der Waals surface area (Å²) in [7, 11) is 0. The van der Waals surface area contributed by atoms with Gasteiger partial charge in [0.1, 0.15) is 10.6 Å². The molecule has 0 spiro atoms. The highest BCUT2D eigenvalue weighted by Gasteiger charge is 2.14. The van der Waals surface area contributed by atoms with E-state index < -0.39 is 5.97 Å². The lowest BCUT2D eigenvalue weighted by Gasteiger charge is -2.11. The van der Waals surface area contributed by atoms with Gasteiger partial charge in [-0.3, -0.25) is 4.79 Å². The standard InChI is InChI=1S/C24H24N2O5S/c1-4-29-21-13-18(7-8-20(21)31-24(28)22-6-5-9-32-22)14-25-26-23(27)15-30-19-11-16(2)10-17(3)12-19/h5-14H,4,15H2,1-3H3,(H,26,27)/b25-14-. The molecule has 32 heavy (non-hydrogen) atoms. The highest BCUT2D eigenvalue weighted by atomic mass is 32.1. The third-order valence-electron chi connectivity index (χ3n) is 4.16. The van der Waals surface area contributed by atoms with Crippen LogP contribution in [-0.2, 0) is 4.79 Å². The van der Waals surface area contributed by atoms with Gasteiger partial charge in [0.05, 0.1) is 12.8 Å². The van der Waals surface area contributed by atoms with Gasteiger partial charge in [-0.2, -0.15) is 5.10 Å². The number of esters is 1. The second-order valence-corrected chi connectivity index (χ2v) is 7.86. The topological polar surface area (TPSA) is 86.2 Å². The summed E-state index contributed by atoms with van der Waals surface area (Å²) in [5.41, 5.74) is 5.22. The summed E-state index contributed by atoms with van der Waals surface area (Å²) in [5.74, 6) is 0.528. The van der Waals surface area contributed by atoms with Crippen LogP contribution in [0.2, 0.25) is 0 Å². The molecule has 0 aliphatic rings. The Morgan fingerprint density at radius 1 is 1.03 bits per heavy atom. The molecule has 0 bridgehead atoms. The first-order chi connectivity index (χ1) is 15.4. The number of aryl methyl sites for hydroxylation is 2. The van der Waals surface area contributed by atoms with Crippen molar-refractivity contribution in [3.05, 3.63) is 75.5 Å². The molecule has 7 nitrogen and oxygen atoms in total. The second kappa shape index (κ2) is 11.1. The molecule has 1 N–H and O–H groups in total. The SMILES string of the molecule is CCOc1cc(/C=N\NC(=O)COc2cc(C)cc(C)c2)ccc1OC(=O)c1cccs1. The molecule has 0 atom stereocenters. The zero-order valence-electron chi connectivity index (χ0n) is 18.1. The van der Waals surface area contributed by atoms with Gasteiger partial charge in [0.25, 0.3) is 5.91 Å². The van der Waals surface area contributed by atoms with Crippen molar-refractivity contribution in [1.29, 1.82) is 0 Å². The Labute approximate surface area is 190 Å². The Hall–Kier alpha value is -3.65. The molecular formula is C24H24N2O5S. The van der Waals surface area contributed by atoms with Crippen molar-refractivity contribution in [1.82, 2.24) is 5.43 Å². The van der Waals surface area contributed by atoms with E-state index in [1.165, 1.54) is 17.6 Å². The fourth-order valence-electron chi connectivity index (χ4n) is 2.88. The van der Waals surface area contributed by atoms with Crippen LogP contribution in [0.25, 0.3) is 0 Å². The molecule has 166 valence electrons. The zero-order valence-corrected chi connectivity index (χ0v) is 18.9. The number of rotatable bonds is 9. The van der Waals surface area contributed by atoms with E-state index in [4.69, 9.17) is 14.2 Å². The number of nitrogens with zero attached hydrogens (tertiary/aromatic N) is 1. The average molecular weight is 453 g/mol. The Morgan fingerprint density at radius 3 is 2.50 bits per heavy atom. The minimum atomic E-state index is -0.446. The third kappa shape index (κ3) is 6.68. The van der Waals surface area contributed by atoms with Crippen LogP contribution in [0.1, 0.15) is 33.3 Å². The number of carbonyl (C=O) groups is 2. The second-order valence-electron chi connectivity index (χ2n) is 6.91.